The molecule has 0 aliphatic rings. The third kappa shape index (κ3) is 5.62. The fraction of sp³-hybridized carbons (Fsp3) is 0.421. The molecule has 0 saturated heterocycles. The van der Waals surface area contributed by atoms with Crippen molar-refractivity contribution in [1.82, 2.24) is 9.97 Å². The monoisotopic (exact) mass is 376 g/mol. The molecule has 1 atom stereocenters. The van der Waals surface area contributed by atoms with Crippen molar-refractivity contribution in [3.8, 4) is 17.0 Å². The molecule has 2 aromatic heterocycles. The molecular weight excluding hydrogens is 351 g/mol. The van der Waals surface area contributed by atoms with Crippen molar-refractivity contribution < 1.29 is 19.0 Å². The Morgan fingerprint density at radius 3 is 2.78 bits per heavy atom. The molecule has 0 aromatic carbocycles. The Hall–Kier alpha value is -2.74. The summed E-state index contributed by atoms with van der Waals surface area (Å²) in [6.07, 6.45) is 1.94. The van der Waals surface area contributed by atoms with Crippen molar-refractivity contribution in [1.29, 1.82) is 0 Å². The van der Waals surface area contributed by atoms with Crippen LogP contribution < -0.4 is 15.8 Å². The number of carbonyl (C=O) groups is 1. The van der Waals surface area contributed by atoms with E-state index in [0.717, 1.165) is 12.6 Å². The van der Waals surface area contributed by atoms with E-state index in [1.807, 2.05) is 6.92 Å². The van der Waals surface area contributed by atoms with Crippen LogP contribution in [0.25, 0.3) is 11.3 Å². The number of aromatic nitrogens is 2. The van der Waals surface area contributed by atoms with Crippen molar-refractivity contribution in [2.45, 2.75) is 39.7 Å². The maximum atomic E-state index is 14.1. The van der Waals surface area contributed by atoms with Crippen LogP contribution in [0.3, 0.4) is 0 Å². The second-order valence-corrected chi connectivity index (χ2v) is 7.29. The smallest absolute Gasteiger partial charge is 0.409 e. The van der Waals surface area contributed by atoms with Gasteiger partial charge in [-0.05, 0) is 32.3 Å². The number of rotatable bonds is 7. The lowest BCUT2D eigenvalue weighted by Crippen LogP contribution is -2.43. The number of aryl methyl sites for hydroxylation is 1. The lowest BCUT2D eigenvalue weighted by atomic mass is 9.93. The highest BCUT2D eigenvalue weighted by Crippen LogP contribution is 2.33. The largest absolute Gasteiger partial charge is 0.490 e. The molecule has 2 rings (SSSR count). The van der Waals surface area contributed by atoms with E-state index < -0.39 is 17.4 Å². The first-order valence-corrected chi connectivity index (χ1v) is 8.62. The van der Waals surface area contributed by atoms with Gasteiger partial charge in [0, 0.05) is 23.4 Å². The molecule has 4 N–H and O–H groups in total. The molecule has 2 aromatic rings. The first-order chi connectivity index (χ1) is 12.6. The Labute approximate surface area is 157 Å². The highest BCUT2D eigenvalue weighted by atomic mass is 19.1. The minimum atomic E-state index is -1.29. The normalized spacial score (nSPS) is 13.3. The average molecular weight is 376 g/mol. The van der Waals surface area contributed by atoms with Gasteiger partial charge < -0.3 is 15.6 Å². The van der Waals surface area contributed by atoms with E-state index in [4.69, 9.17) is 15.6 Å². The Balaban J connectivity index is 2.38. The molecular formula is C19H25FN4O3. The molecule has 8 heteroatoms. The lowest BCUT2D eigenvalue weighted by molar-refractivity contribution is 0.205. The van der Waals surface area contributed by atoms with Gasteiger partial charge in [-0.25, -0.2) is 14.2 Å². The summed E-state index contributed by atoms with van der Waals surface area (Å²) in [6.45, 7) is 7.99. The van der Waals surface area contributed by atoms with E-state index in [-0.39, 0.29) is 23.6 Å². The maximum absolute atomic E-state index is 14.1. The summed E-state index contributed by atoms with van der Waals surface area (Å²) in [7, 11) is 0. The predicted molar refractivity (Wildman–Crippen MR) is 101 cm³/mol. The van der Waals surface area contributed by atoms with Crippen LogP contribution in [0, 0.1) is 18.7 Å². The second kappa shape index (κ2) is 8.30. The number of hydrogen-bond acceptors (Lipinski definition) is 5. The molecule has 0 fully saturated rings. The number of ether oxygens (including phenoxy) is 1. The number of pyridine rings is 2. The number of amides is 1. The molecule has 0 saturated carbocycles. The molecule has 146 valence electrons. The van der Waals surface area contributed by atoms with Crippen molar-refractivity contribution in [2.75, 3.05) is 11.9 Å². The van der Waals surface area contributed by atoms with Crippen LogP contribution in [0.15, 0.2) is 24.5 Å². The standard InChI is InChI=1S/C19H25FN4O3/c1-11(2)8-19(4,21)10-27-16-7-15(24-18(25)26)17(23-12(16)3)13-5-6-22-9-14(13)20/h5-7,9,11,24H,8,10,21H2,1-4H3,(H,25,26). The predicted octanol–water partition coefficient (Wildman–Crippen LogP) is 3.82. The zero-order valence-corrected chi connectivity index (χ0v) is 15.9. The quantitative estimate of drug-likeness (QED) is 0.677. The Morgan fingerprint density at radius 1 is 1.48 bits per heavy atom. The van der Waals surface area contributed by atoms with Crippen molar-refractivity contribution in [2.24, 2.45) is 11.7 Å². The molecule has 0 spiro atoms. The van der Waals surface area contributed by atoms with E-state index in [0.29, 0.717) is 17.4 Å². The van der Waals surface area contributed by atoms with E-state index in [9.17, 15) is 9.18 Å². The number of nitrogens with one attached hydrogen (secondary N) is 1. The van der Waals surface area contributed by atoms with Crippen LogP contribution in [-0.4, -0.2) is 33.3 Å². The van der Waals surface area contributed by atoms with Crippen LogP contribution in [0.4, 0.5) is 14.9 Å². The summed E-state index contributed by atoms with van der Waals surface area (Å²) in [5, 5.41) is 11.4. The van der Waals surface area contributed by atoms with Crippen LogP contribution in [-0.2, 0) is 0 Å². The Bertz CT molecular complexity index is 825. The van der Waals surface area contributed by atoms with Gasteiger partial charge in [0.2, 0.25) is 0 Å². The Morgan fingerprint density at radius 2 is 2.19 bits per heavy atom. The van der Waals surface area contributed by atoms with Crippen LogP contribution >= 0.6 is 0 Å². The molecule has 0 bridgehead atoms. The van der Waals surface area contributed by atoms with E-state index in [1.54, 1.807) is 6.92 Å². The number of hydrogen-bond donors (Lipinski definition) is 3. The molecule has 0 radical (unpaired) electrons. The molecule has 7 nitrogen and oxygen atoms in total. The van der Waals surface area contributed by atoms with Gasteiger partial charge in [-0.15, -0.1) is 0 Å². The van der Waals surface area contributed by atoms with Crippen LogP contribution in [0.1, 0.15) is 32.9 Å². The molecule has 0 aliphatic carbocycles. The third-order valence-corrected chi connectivity index (χ3v) is 3.87. The van der Waals surface area contributed by atoms with Gasteiger partial charge in [0.25, 0.3) is 0 Å². The summed E-state index contributed by atoms with van der Waals surface area (Å²) < 4.78 is 19.9. The van der Waals surface area contributed by atoms with Gasteiger partial charge >= 0.3 is 6.09 Å². The molecule has 1 unspecified atom stereocenters. The summed E-state index contributed by atoms with van der Waals surface area (Å²) >= 11 is 0. The van der Waals surface area contributed by atoms with E-state index in [1.165, 1.54) is 18.3 Å². The summed E-state index contributed by atoms with van der Waals surface area (Å²) in [6, 6.07) is 2.93. The summed E-state index contributed by atoms with van der Waals surface area (Å²) in [4.78, 5) is 19.2. The van der Waals surface area contributed by atoms with Gasteiger partial charge in [0.1, 0.15) is 12.4 Å². The SMILES string of the molecule is Cc1nc(-c2ccncc2F)c(NC(=O)O)cc1OCC(C)(N)CC(C)C. The highest BCUT2D eigenvalue weighted by Gasteiger charge is 2.23. The number of halogens is 1. The van der Waals surface area contributed by atoms with Crippen molar-refractivity contribution in [3.63, 3.8) is 0 Å². The minimum absolute atomic E-state index is 0.121. The van der Waals surface area contributed by atoms with Gasteiger partial charge in [-0.3, -0.25) is 10.3 Å². The summed E-state index contributed by atoms with van der Waals surface area (Å²) in [5.41, 5.74) is 6.65. The third-order valence-electron chi connectivity index (χ3n) is 3.87. The van der Waals surface area contributed by atoms with Gasteiger partial charge in [-0.2, -0.15) is 0 Å². The van der Waals surface area contributed by atoms with E-state index >= 15 is 0 Å². The van der Waals surface area contributed by atoms with E-state index in [2.05, 4.69) is 29.1 Å². The van der Waals surface area contributed by atoms with Gasteiger partial charge in [0.15, 0.2) is 5.82 Å². The van der Waals surface area contributed by atoms with Gasteiger partial charge in [-0.1, -0.05) is 13.8 Å². The number of nitrogens with zero attached hydrogens (tertiary/aromatic N) is 2. The Kier molecular flexibility index (Phi) is 6.32. The number of anilines is 1. The first-order valence-electron chi connectivity index (χ1n) is 8.62. The molecule has 27 heavy (non-hydrogen) atoms. The molecule has 1 amide bonds. The average Bonchev–Trinajstić information content (AvgIpc) is 2.54. The first kappa shape index (κ1) is 20.6. The molecule has 2 heterocycles. The fourth-order valence-electron chi connectivity index (χ4n) is 2.95. The topological polar surface area (TPSA) is 110 Å². The second-order valence-electron chi connectivity index (χ2n) is 7.29. The maximum Gasteiger partial charge on any atom is 0.409 e. The molecule has 0 aliphatic heterocycles. The minimum Gasteiger partial charge on any atom is -0.490 e. The zero-order valence-electron chi connectivity index (χ0n) is 15.9. The number of nitrogens with two attached hydrogens (primary N) is 1. The van der Waals surface area contributed by atoms with Gasteiger partial charge in [0.05, 0.1) is 23.3 Å². The summed E-state index contributed by atoms with van der Waals surface area (Å²) in [5.74, 6) is 0.194. The lowest BCUT2D eigenvalue weighted by Gasteiger charge is -2.27. The van der Waals surface area contributed by atoms with Crippen molar-refractivity contribution >= 4 is 11.8 Å². The zero-order chi connectivity index (χ0) is 20.2. The van der Waals surface area contributed by atoms with Crippen LogP contribution in [0.5, 0.6) is 5.75 Å². The fourth-order valence-corrected chi connectivity index (χ4v) is 2.95. The number of carboxylic acid groups (broad SMARTS) is 1. The van der Waals surface area contributed by atoms with Crippen molar-refractivity contribution in [3.05, 3.63) is 36.0 Å². The highest BCUT2D eigenvalue weighted by molar-refractivity contribution is 5.89. The van der Waals surface area contributed by atoms with Crippen LogP contribution in [0.2, 0.25) is 0 Å².